The molecule has 0 saturated carbocycles. The third kappa shape index (κ3) is 5.32. The highest BCUT2D eigenvalue weighted by Crippen LogP contribution is 2.20. The summed E-state index contributed by atoms with van der Waals surface area (Å²) < 4.78 is 5.02. The fourth-order valence-corrected chi connectivity index (χ4v) is 2.44. The van der Waals surface area contributed by atoms with Crippen LogP contribution >= 0.6 is 35.4 Å². The molecule has 0 spiro atoms. The first-order valence-electron chi connectivity index (χ1n) is 6.91. The van der Waals surface area contributed by atoms with Crippen molar-refractivity contribution in [2.75, 3.05) is 7.11 Å². The summed E-state index contributed by atoms with van der Waals surface area (Å²) in [6, 6.07) is 10.9. The van der Waals surface area contributed by atoms with E-state index < -0.39 is 11.8 Å². The maximum atomic E-state index is 12.0. The second kappa shape index (κ2) is 8.66. The van der Waals surface area contributed by atoms with Crippen molar-refractivity contribution >= 4 is 52.3 Å². The van der Waals surface area contributed by atoms with Gasteiger partial charge in [0.25, 0.3) is 11.8 Å². The van der Waals surface area contributed by atoms with Crippen LogP contribution in [0.3, 0.4) is 0 Å². The molecule has 2 amide bonds. The van der Waals surface area contributed by atoms with Crippen LogP contribution in [0.4, 0.5) is 0 Å². The number of hydrogen-bond acceptors (Lipinski definition) is 4. The van der Waals surface area contributed by atoms with Crippen LogP contribution in [0.25, 0.3) is 0 Å². The summed E-state index contributed by atoms with van der Waals surface area (Å²) >= 11 is 16.7. The van der Waals surface area contributed by atoms with Crippen molar-refractivity contribution in [3.63, 3.8) is 0 Å². The van der Waals surface area contributed by atoms with Crippen molar-refractivity contribution in [2.24, 2.45) is 0 Å². The maximum absolute atomic E-state index is 12.0. The van der Waals surface area contributed by atoms with E-state index in [1.54, 1.807) is 24.3 Å². The van der Waals surface area contributed by atoms with E-state index in [1.165, 1.54) is 25.3 Å². The normalized spacial score (nSPS) is 9.88. The Morgan fingerprint density at radius 2 is 1.68 bits per heavy atom. The summed E-state index contributed by atoms with van der Waals surface area (Å²) in [5.74, 6) is -0.328. The van der Waals surface area contributed by atoms with Crippen molar-refractivity contribution in [2.45, 2.75) is 0 Å². The Morgan fingerprint density at radius 3 is 2.28 bits per heavy atom. The molecule has 25 heavy (non-hydrogen) atoms. The van der Waals surface area contributed by atoms with Crippen LogP contribution in [0.2, 0.25) is 10.0 Å². The lowest BCUT2D eigenvalue weighted by molar-refractivity contribution is 0.0934. The van der Waals surface area contributed by atoms with Gasteiger partial charge in [0.05, 0.1) is 17.7 Å². The van der Waals surface area contributed by atoms with Crippen molar-refractivity contribution < 1.29 is 14.3 Å². The molecule has 2 aromatic carbocycles. The first-order chi connectivity index (χ1) is 11.9. The zero-order chi connectivity index (χ0) is 18.4. The summed E-state index contributed by atoms with van der Waals surface area (Å²) in [6.07, 6.45) is 0. The largest absolute Gasteiger partial charge is 0.497 e. The number of amides is 2. The zero-order valence-electron chi connectivity index (χ0n) is 12.9. The van der Waals surface area contributed by atoms with Gasteiger partial charge in [-0.1, -0.05) is 23.2 Å². The number of hydrazine groups is 1. The first-order valence-corrected chi connectivity index (χ1v) is 8.08. The number of carbonyl (C=O) groups excluding carboxylic acids is 2. The predicted octanol–water partition coefficient (Wildman–Crippen LogP) is 2.95. The smallest absolute Gasteiger partial charge is 0.271 e. The van der Waals surface area contributed by atoms with Crippen LogP contribution in [0, 0.1) is 0 Å². The highest BCUT2D eigenvalue weighted by molar-refractivity contribution is 7.80. The molecule has 130 valence electrons. The Morgan fingerprint density at radius 1 is 1.00 bits per heavy atom. The molecule has 9 heteroatoms. The van der Waals surface area contributed by atoms with Gasteiger partial charge in [0.1, 0.15) is 5.75 Å². The summed E-state index contributed by atoms with van der Waals surface area (Å²) in [4.78, 5) is 24.1. The molecule has 0 saturated heterocycles. The highest BCUT2D eigenvalue weighted by atomic mass is 35.5. The van der Waals surface area contributed by atoms with E-state index in [2.05, 4.69) is 16.2 Å². The van der Waals surface area contributed by atoms with Gasteiger partial charge < -0.3 is 4.74 Å². The molecular formula is C16H13Cl2N3O3S. The number of methoxy groups -OCH3 is 1. The summed E-state index contributed by atoms with van der Waals surface area (Å²) in [7, 11) is 1.53. The molecule has 0 atom stereocenters. The highest BCUT2D eigenvalue weighted by Gasteiger charge is 2.12. The lowest BCUT2D eigenvalue weighted by Gasteiger charge is -2.11. The zero-order valence-corrected chi connectivity index (χ0v) is 15.3. The summed E-state index contributed by atoms with van der Waals surface area (Å²) in [6.45, 7) is 0. The molecular weight excluding hydrogens is 385 g/mol. The molecule has 0 bridgehead atoms. The van der Waals surface area contributed by atoms with E-state index in [1.807, 2.05) is 0 Å². The van der Waals surface area contributed by atoms with Gasteiger partial charge in [0, 0.05) is 10.6 Å². The van der Waals surface area contributed by atoms with Crippen molar-refractivity contribution in [1.82, 2.24) is 16.2 Å². The molecule has 3 N–H and O–H groups in total. The number of carbonyl (C=O) groups is 2. The monoisotopic (exact) mass is 397 g/mol. The second-order valence-corrected chi connectivity index (χ2v) is 5.97. The topological polar surface area (TPSA) is 79.5 Å². The fourth-order valence-electron chi connectivity index (χ4n) is 1.80. The minimum Gasteiger partial charge on any atom is -0.497 e. The molecule has 0 aliphatic heterocycles. The second-order valence-electron chi connectivity index (χ2n) is 4.72. The van der Waals surface area contributed by atoms with E-state index >= 15 is 0 Å². The molecule has 2 aromatic rings. The SMILES string of the molecule is COc1ccc(C(=O)NC(=S)NNC(=O)c2ccc(Cl)cc2Cl)cc1. The van der Waals surface area contributed by atoms with Gasteiger partial charge in [-0.15, -0.1) is 0 Å². The minimum atomic E-state index is -0.525. The van der Waals surface area contributed by atoms with E-state index in [0.29, 0.717) is 16.3 Å². The third-order valence-corrected chi connectivity index (χ3v) is 3.80. The van der Waals surface area contributed by atoms with Gasteiger partial charge >= 0.3 is 0 Å². The Kier molecular flexibility index (Phi) is 6.58. The molecule has 0 heterocycles. The summed E-state index contributed by atoms with van der Waals surface area (Å²) in [5, 5.41) is 2.97. The van der Waals surface area contributed by atoms with Crippen molar-refractivity contribution in [1.29, 1.82) is 0 Å². The number of rotatable bonds is 3. The molecule has 0 aromatic heterocycles. The average molecular weight is 398 g/mol. The Labute approximate surface area is 159 Å². The number of nitrogens with one attached hydrogen (secondary N) is 3. The van der Waals surface area contributed by atoms with Gasteiger partial charge in [-0.3, -0.25) is 25.8 Å². The number of hydrogen-bond donors (Lipinski definition) is 3. The first kappa shape index (κ1) is 19.0. The number of ether oxygens (including phenoxy) is 1. The maximum Gasteiger partial charge on any atom is 0.271 e. The average Bonchev–Trinajstić information content (AvgIpc) is 2.59. The van der Waals surface area contributed by atoms with Gasteiger partial charge in [0.15, 0.2) is 5.11 Å². The van der Waals surface area contributed by atoms with Crippen LogP contribution in [0.5, 0.6) is 5.75 Å². The molecule has 2 rings (SSSR count). The fraction of sp³-hybridized carbons (Fsp3) is 0.0625. The lowest BCUT2D eigenvalue weighted by atomic mass is 10.2. The molecule has 0 unspecified atom stereocenters. The van der Waals surface area contributed by atoms with Crippen LogP contribution in [0.15, 0.2) is 42.5 Å². The molecule has 0 radical (unpaired) electrons. The Bertz CT molecular complexity index is 813. The Balaban J connectivity index is 1.89. The van der Waals surface area contributed by atoms with Gasteiger partial charge in [-0.05, 0) is 54.7 Å². The van der Waals surface area contributed by atoms with Crippen LogP contribution in [0.1, 0.15) is 20.7 Å². The molecule has 0 fully saturated rings. The third-order valence-electron chi connectivity index (χ3n) is 3.04. The molecule has 0 aliphatic rings. The predicted molar refractivity (Wildman–Crippen MR) is 100 cm³/mol. The van der Waals surface area contributed by atoms with Crippen LogP contribution in [-0.4, -0.2) is 24.0 Å². The van der Waals surface area contributed by atoms with E-state index in [-0.39, 0.29) is 15.7 Å². The van der Waals surface area contributed by atoms with E-state index in [9.17, 15) is 9.59 Å². The van der Waals surface area contributed by atoms with Crippen molar-refractivity contribution in [3.8, 4) is 5.75 Å². The van der Waals surface area contributed by atoms with Crippen LogP contribution < -0.4 is 20.9 Å². The Hall–Kier alpha value is -2.35. The van der Waals surface area contributed by atoms with Gasteiger partial charge in [-0.25, -0.2) is 0 Å². The standard InChI is InChI=1S/C16H13Cl2N3O3S/c1-24-11-5-2-9(3-6-11)14(22)19-16(25)21-20-15(23)12-7-4-10(17)8-13(12)18/h2-8H,1H3,(H,20,23)(H2,19,21,22,25). The molecule has 0 aliphatic carbocycles. The number of benzene rings is 2. The van der Waals surface area contributed by atoms with E-state index in [4.69, 9.17) is 40.2 Å². The number of halogens is 2. The van der Waals surface area contributed by atoms with E-state index in [0.717, 1.165) is 0 Å². The van der Waals surface area contributed by atoms with Crippen molar-refractivity contribution in [3.05, 3.63) is 63.6 Å². The van der Waals surface area contributed by atoms with Gasteiger partial charge in [0.2, 0.25) is 0 Å². The quantitative estimate of drug-likeness (QED) is 0.547. The number of thiocarbonyl (C=S) groups is 1. The minimum absolute atomic E-state index is 0.0701. The molecule has 6 nitrogen and oxygen atoms in total. The summed E-state index contributed by atoms with van der Waals surface area (Å²) in [5.41, 5.74) is 5.37. The van der Waals surface area contributed by atoms with Crippen LogP contribution in [-0.2, 0) is 0 Å². The van der Waals surface area contributed by atoms with Gasteiger partial charge in [-0.2, -0.15) is 0 Å². The lowest BCUT2D eigenvalue weighted by Crippen LogP contribution is -2.48.